The van der Waals surface area contributed by atoms with E-state index in [0.29, 0.717) is 17.5 Å². The van der Waals surface area contributed by atoms with Crippen molar-refractivity contribution < 1.29 is 4.39 Å². The van der Waals surface area contributed by atoms with E-state index in [0.717, 1.165) is 23.8 Å². The van der Waals surface area contributed by atoms with E-state index in [4.69, 9.17) is 5.73 Å². The van der Waals surface area contributed by atoms with E-state index in [2.05, 4.69) is 35.6 Å². The average Bonchev–Trinajstić information content (AvgIpc) is 3.23. The number of amidine groups is 1. The number of aryl methyl sites for hydroxylation is 1. The molecule has 0 fully saturated rings. The summed E-state index contributed by atoms with van der Waals surface area (Å²) < 4.78 is 15.0. The molecule has 2 atom stereocenters. The first-order chi connectivity index (χ1) is 12.4. The molecule has 0 bridgehead atoms. The Balaban J connectivity index is 1.71. The van der Waals surface area contributed by atoms with E-state index in [1.165, 1.54) is 0 Å². The number of H-pyrrole nitrogens is 1. The van der Waals surface area contributed by atoms with Crippen molar-refractivity contribution in [1.82, 2.24) is 24.5 Å². The van der Waals surface area contributed by atoms with E-state index in [1.807, 2.05) is 30.8 Å². The van der Waals surface area contributed by atoms with Crippen LogP contribution in [0.3, 0.4) is 0 Å². The lowest BCUT2D eigenvalue weighted by molar-refractivity contribution is 0.409. The van der Waals surface area contributed by atoms with Crippen molar-refractivity contribution in [2.24, 2.45) is 17.8 Å². The van der Waals surface area contributed by atoms with Gasteiger partial charge in [-0.1, -0.05) is 0 Å². The van der Waals surface area contributed by atoms with Crippen molar-refractivity contribution in [3.05, 3.63) is 54.5 Å². The highest BCUT2D eigenvalue weighted by Gasteiger charge is 2.39. The lowest BCUT2D eigenvalue weighted by atomic mass is 10.0. The predicted octanol–water partition coefficient (Wildman–Crippen LogP) is 1.38. The molecule has 0 spiro atoms. The molecule has 4 heterocycles. The van der Waals surface area contributed by atoms with Crippen molar-refractivity contribution in [1.29, 1.82) is 0 Å². The number of hydrogen-bond donors (Lipinski definition) is 4. The number of halogens is 1. The van der Waals surface area contributed by atoms with Crippen LogP contribution in [0.15, 0.2) is 42.2 Å². The van der Waals surface area contributed by atoms with Crippen molar-refractivity contribution in [3.8, 4) is 0 Å². The monoisotopic (exact) mass is 355 g/mol. The van der Waals surface area contributed by atoms with Gasteiger partial charge in [0.15, 0.2) is 17.4 Å². The number of imidazole rings is 1. The molecule has 134 valence electrons. The highest BCUT2D eigenvalue weighted by atomic mass is 19.1. The standard InChI is InChI=1S/C16H18FN9/c1-9(14-20-5-10(17)6-21-14)16(18)24-11-3-4-19-13(11)15(25-16)23-12-7-26(2)8-22-12/h3-9,19,24H,18H2,1-2H3,(H,23,25)/t9-,16?/m1/s1. The van der Waals surface area contributed by atoms with Gasteiger partial charge in [0.2, 0.25) is 0 Å². The van der Waals surface area contributed by atoms with Gasteiger partial charge in [-0.25, -0.2) is 24.3 Å². The van der Waals surface area contributed by atoms with Gasteiger partial charge in [-0.15, -0.1) is 0 Å². The van der Waals surface area contributed by atoms with Crippen LogP contribution in [0.1, 0.15) is 24.4 Å². The highest BCUT2D eigenvalue weighted by Crippen LogP contribution is 2.32. The maximum absolute atomic E-state index is 13.1. The molecular weight excluding hydrogens is 337 g/mol. The first-order valence-electron chi connectivity index (χ1n) is 8.02. The van der Waals surface area contributed by atoms with E-state index in [9.17, 15) is 4.39 Å². The maximum atomic E-state index is 13.1. The second kappa shape index (κ2) is 5.92. The Kier molecular flexibility index (Phi) is 3.69. The third-order valence-corrected chi connectivity index (χ3v) is 4.25. The third kappa shape index (κ3) is 2.80. The zero-order valence-corrected chi connectivity index (χ0v) is 14.2. The first-order valence-corrected chi connectivity index (χ1v) is 8.02. The molecule has 26 heavy (non-hydrogen) atoms. The zero-order valence-electron chi connectivity index (χ0n) is 14.2. The number of aromatic nitrogens is 5. The fraction of sp³-hybridized carbons (Fsp3) is 0.250. The van der Waals surface area contributed by atoms with Gasteiger partial charge in [-0.3, -0.25) is 5.73 Å². The van der Waals surface area contributed by atoms with Crippen LogP contribution in [0.25, 0.3) is 0 Å². The Morgan fingerprint density at radius 1 is 1.31 bits per heavy atom. The van der Waals surface area contributed by atoms with Crippen LogP contribution in [0, 0.1) is 5.82 Å². The molecule has 0 saturated carbocycles. The van der Waals surface area contributed by atoms with Gasteiger partial charge in [0.1, 0.15) is 17.3 Å². The second-order valence-electron chi connectivity index (χ2n) is 6.21. The molecule has 3 aromatic heterocycles. The number of hydrogen-bond acceptors (Lipinski definition) is 7. The SMILES string of the molecule is C[C@H](c1ncc(F)cn1)C1(N)N=C(Nc2cn(C)cn2)c2[nH]ccc2N1. The number of anilines is 2. The largest absolute Gasteiger partial charge is 0.357 e. The lowest BCUT2D eigenvalue weighted by Crippen LogP contribution is -2.54. The quantitative estimate of drug-likeness (QED) is 0.563. The number of nitrogens with zero attached hydrogens (tertiary/aromatic N) is 5. The van der Waals surface area contributed by atoms with Gasteiger partial charge >= 0.3 is 0 Å². The van der Waals surface area contributed by atoms with Crippen LogP contribution in [-0.4, -0.2) is 36.1 Å². The lowest BCUT2D eigenvalue weighted by Gasteiger charge is -2.36. The maximum Gasteiger partial charge on any atom is 0.194 e. The van der Waals surface area contributed by atoms with Crippen molar-refractivity contribution in [3.63, 3.8) is 0 Å². The summed E-state index contributed by atoms with van der Waals surface area (Å²) in [4.78, 5) is 20.1. The molecule has 0 aliphatic carbocycles. The summed E-state index contributed by atoms with van der Waals surface area (Å²) in [6, 6.07) is 1.87. The average molecular weight is 355 g/mol. The molecule has 9 nitrogen and oxygen atoms in total. The Morgan fingerprint density at radius 3 is 2.77 bits per heavy atom. The minimum absolute atomic E-state index is 0.390. The van der Waals surface area contributed by atoms with E-state index >= 15 is 0 Å². The number of fused-ring (bicyclic) bond motifs is 1. The predicted molar refractivity (Wildman–Crippen MR) is 95.1 cm³/mol. The van der Waals surface area contributed by atoms with Crippen LogP contribution >= 0.6 is 0 Å². The smallest absolute Gasteiger partial charge is 0.194 e. The fourth-order valence-corrected chi connectivity index (χ4v) is 2.79. The first kappa shape index (κ1) is 16.2. The molecule has 3 aromatic rings. The van der Waals surface area contributed by atoms with Crippen molar-refractivity contribution in [2.45, 2.75) is 18.6 Å². The van der Waals surface area contributed by atoms with Gasteiger partial charge in [0, 0.05) is 19.4 Å². The number of rotatable bonds is 3. The highest BCUT2D eigenvalue weighted by molar-refractivity contribution is 6.11. The third-order valence-electron chi connectivity index (χ3n) is 4.25. The summed E-state index contributed by atoms with van der Waals surface area (Å²) >= 11 is 0. The molecule has 10 heteroatoms. The van der Waals surface area contributed by atoms with Crippen molar-refractivity contribution >= 4 is 17.3 Å². The van der Waals surface area contributed by atoms with Gasteiger partial charge in [0.25, 0.3) is 0 Å². The van der Waals surface area contributed by atoms with E-state index < -0.39 is 17.5 Å². The minimum Gasteiger partial charge on any atom is -0.357 e. The number of nitrogens with two attached hydrogens (primary N) is 1. The van der Waals surface area contributed by atoms with Crippen LogP contribution < -0.4 is 16.4 Å². The summed E-state index contributed by atoms with van der Waals surface area (Å²) in [6.45, 7) is 1.83. The molecule has 0 aromatic carbocycles. The molecule has 4 rings (SSSR count). The Morgan fingerprint density at radius 2 is 2.08 bits per heavy atom. The summed E-state index contributed by atoms with van der Waals surface area (Å²) in [6.07, 6.45) is 7.53. The van der Waals surface area contributed by atoms with Gasteiger partial charge in [0.05, 0.1) is 30.3 Å². The molecule has 0 saturated heterocycles. The summed E-state index contributed by atoms with van der Waals surface area (Å²) in [5.41, 5.74) is 8.10. The zero-order chi connectivity index (χ0) is 18.3. The molecule has 1 aliphatic heterocycles. The van der Waals surface area contributed by atoms with Crippen LogP contribution in [0.2, 0.25) is 0 Å². The van der Waals surface area contributed by atoms with Crippen LogP contribution in [0.4, 0.5) is 15.9 Å². The van der Waals surface area contributed by atoms with Crippen molar-refractivity contribution in [2.75, 3.05) is 10.6 Å². The molecule has 5 N–H and O–H groups in total. The number of aliphatic imine (C=N–C) groups is 1. The molecule has 0 radical (unpaired) electrons. The molecule has 0 amide bonds. The number of nitrogens with one attached hydrogen (secondary N) is 3. The Bertz CT molecular complexity index is 958. The second-order valence-corrected chi connectivity index (χ2v) is 6.21. The summed E-state index contributed by atoms with van der Waals surface area (Å²) in [7, 11) is 1.88. The molecule has 1 unspecified atom stereocenters. The Labute approximate surface area is 148 Å². The van der Waals surface area contributed by atoms with Crippen LogP contribution in [0.5, 0.6) is 0 Å². The number of aromatic amines is 1. The normalized spacial score (nSPS) is 20.1. The molecular formula is C16H18FN9. The Hall–Kier alpha value is -3.27. The van der Waals surface area contributed by atoms with Gasteiger partial charge in [-0.05, 0) is 13.0 Å². The van der Waals surface area contributed by atoms with Crippen LogP contribution in [-0.2, 0) is 7.05 Å². The van der Waals surface area contributed by atoms with E-state index in [-0.39, 0.29) is 0 Å². The molecule has 1 aliphatic rings. The fourth-order valence-electron chi connectivity index (χ4n) is 2.79. The van der Waals surface area contributed by atoms with Gasteiger partial charge in [-0.2, -0.15) is 0 Å². The van der Waals surface area contributed by atoms with E-state index in [1.54, 1.807) is 12.5 Å². The summed E-state index contributed by atoms with van der Waals surface area (Å²) in [5.74, 6) is -0.573. The topological polar surface area (TPSA) is 122 Å². The van der Waals surface area contributed by atoms with Gasteiger partial charge < -0.3 is 20.2 Å². The summed E-state index contributed by atoms with van der Waals surface area (Å²) in [5, 5.41) is 6.39. The minimum atomic E-state index is -1.22.